The van der Waals surface area contributed by atoms with Gasteiger partial charge in [0.1, 0.15) is 22.7 Å². The zero-order chi connectivity index (χ0) is 38.4. The molecule has 272 valence electrons. The molecular formula is C57H32O2. The van der Waals surface area contributed by atoms with Gasteiger partial charge in [-0.3, -0.25) is 0 Å². The van der Waals surface area contributed by atoms with Crippen molar-refractivity contribution in [2.75, 3.05) is 0 Å². The normalized spacial score (nSPS) is 13.7. The molecule has 2 heteroatoms. The monoisotopic (exact) mass is 748 g/mol. The predicted molar refractivity (Wildman–Crippen MR) is 241 cm³/mol. The Labute approximate surface area is 340 Å². The fraction of sp³-hybridized carbons (Fsp3) is 0.0175. The van der Waals surface area contributed by atoms with E-state index in [1.54, 1.807) is 0 Å². The Kier molecular flexibility index (Phi) is 5.99. The summed E-state index contributed by atoms with van der Waals surface area (Å²) in [6.07, 6.45) is 0. The van der Waals surface area contributed by atoms with Gasteiger partial charge in [-0.2, -0.15) is 0 Å². The number of hydrogen-bond acceptors (Lipinski definition) is 2. The summed E-state index contributed by atoms with van der Waals surface area (Å²) >= 11 is 0. The van der Waals surface area contributed by atoms with E-state index in [0.717, 1.165) is 44.4 Å². The van der Waals surface area contributed by atoms with Gasteiger partial charge in [0.15, 0.2) is 0 Å². The van der Waals surface area contributed by atoms with Crippen LogP contribution in [0.3, 0.4) is 0 Å². The summed E-state index contributed by atoms with van der Waals surface area (Å²) in [5.41, 5.74) is 19.0. The molecule has 0 amide bonds. The first-order valence-electron chi connectivity index (χ1n) is 20.4. The number of para-hydroxylation sites is 2. The quantitative estimate of drug-likeness (QED) is 0.176. The summed E-state index contributed by atoms with van der Waals surface area (Å²) in [7, 11) is 0. The van der Waals surface area contributed by atoms with Gasteiger partial charge >= 0.3 is 0 Å². The molecule has 0 bridgehead atoms. The molecule has 1 aromatic heterocycles. The van der Waals surface area contributed by atoms with Crippen LogP contribution in [0.5, 0.6) is 11.5 Å². The first-order chi connectivity index (χ1) is 29.3. The number of benzene rings is 10. The zero-order valence-corrected chi connectivity index (χ0v) is 31.8. The highest BCUT2D eigenvalue weighted by Gasteiger charge is 2.53. The Morgan fingerprint density at radius 2 is 0.949 bits per heavy atom. The van der Waals surface area contributed by atoms with Gasteiger partial charge in [0.25, 0.3) is 0 Å². The summed E-state index contributed by atoms with van der Waals surface area (Å²) < 4.78 is 12.9. The molecule has 14 rings (SSSR count). The van der Waals surface area contributed by atoms with Crippen molar-refractivity contribution in [3.63, 3.8) is 0 Å². The van der Waals surface area contributed by atoms with E-state index < -0.39 is 5.41 Å². The Hall–Kier alpha value is -7.68. The third-order valence-electron chi connectivity index (χ3n) is 13.5. The molecule has 0 saturated carbocycles. The SMILES string of the molecule is c1ccc2c(c1)Oc1ccc(-c3ccc4cc(-c5ccc6oc7ccccc7c6c5)c5c(c4c3)C3(c4ccccc4-c4ccccc43)c3ccccc3-5)c3cccc-2c13. The van der Waals surface area contributed by atoms with Crippen LogP contribution in [0.4, 0.5) is 0 Å². The standard InChI is InChI=1S/C57H32O2/c1-6-19-47-37(12-1)38-13-2-7-20-48(38)57(47)49-21-8-3-16-43(49)55-44(34-26-28-52-46(32-34)40-15-5-10-23-51(40)58-52)30-35-25-24-33(31-45(35)56(55)57)36-27-29-53-54-41(36)17-11-18-42(54)39-14-4-9-22-50(39)59-53/h1-32H. The predicted octanol–water partition coefficient (Wildman–Crippen LogP) is 15.3. The van der Waals surface area contributed by atoms with Crippen molar-refractivity contribution in [2.45, 2.75) is 5.41 Å². The zero-order valence-electron chi connectivity index (χ0n) is 31.8. The van der Waals surface area contributed by atoms with Gasteiger partial charge in [0.05, 0.1) is 5.41 Å². The van der Waals surface area contributed by atoms with Crippen LogP contribution in [0, 0.1) is 0 Å². The molecule has 1 spiro atoms. The molecule has 0 fully saturated rings. The molecular weight excluding hydrogens is 717 g/mol. The van der Waals surface area contributed by atoms with Crippen molar-refractivity contribution in [1.29, 1.82) is 0 Å². The highest BCUT2D eigenvalue weighted by molar-refractivity contribution is 6.14. The molecule has 0 unspecified atom stereocenters. The topological polar surface area (TPSA) is 22.4 Å². The summed E-state index contributed by atoms with van der Waals surface area (Å²) in [4.78, 5) is 0. The maximum Gasteiger partial charge on any atom is 0.135 e. The van der Waals surface area contributed by atoms with Gasteiger partial charge in [-0.1, -0.05) is 152 Å². The molecule has 0 radical (unpaired) electrons. The summed E-state index contributed by atoms with van der Waals surface area (Å²) in [5.74, 6) is 1.81. The minimum atomic E-state index is -0.518. The fourth-order valence-electron chi connectivity index (χ4n) is 11.1. The second-order valence-electron chi connectivity index (χ2n) is 16.2. The van der Waals surface area contributed by atoms with Crippen LogP contribution in [0.2, 0.25) is 0 Å². The number of hydrogen-bond donors (Lipinski definition) is 0. The molecule has 0 atom stereocenters. The summed E-state index contributed by atoms with van der Waals surface area (Å²) in [6.45, 7) is 0. The van der Waals surface area contributed by atoms with E-state index in [-0.39, 0.29) is 0 Å². The van der Waals surface area contributed by atoms with Crippen molar-refractivity contribution in [2.24, 2.45) is 0 Å². The van der Waals surface area contributed by atoms with Gasteiger partial charge in [-0.15, -0.1) is 0 Å². The van der Waals surface area contributed by atoms with Crippen LogP contribution in [-0.2, 0) is 5.41 Å². The van der Waals surface area contributed by atoms with Crippen LogP contribution in [-0.4, -0.2) is 0 Å². The summed E-state index contributed by atoms with van der Waals surface area (Å²) in [6, 6.07) is 71.5. The van der Waals surface area contributed by atoms with Crippen molar-refractivity contribution in [3.8, 4) is 67.1 Å². The first-order valence-corrected chi connectivity index (χ1v) is 20.4. The average molecular weight is 749 g/mol. The maximum absolute atomic E-state index is 6.53. The number of fused-ring (bicyclic) bond motifs is 17. The van der Waals surface area contributed by atoms with Crippen molar-refractivity contribution in [3.05, 3.63) is 216 Å². The molecule has 0 N–H and O–H groups in total. The van der Waals surface area contributed by atoms with E-state index in [1.165, 1.54) is 88.5 Å². The number of rotatable bonds is 2. The maximum atomic E-state index is 6.53. The van der Waals surface area contributed by atoms with Gasteiger partial charge in [0.2, 0.25) is 0 Å². The largest absolute Gasteiger partial charge is 0.456 e. The van der Waals surface area contributed by atoms with Gasteiger partial charge in [-0.25, -0.2) is 0 Å². The fourth-order valence-corrected chi connectivity index (χ4v) is 11.1. The van der Waals surface area contributed by atoms with Gasteiger partial charge in [0, 0.05) is 21.7 Å². The van der Waals surface area contributed by atoms with E-state index in [0.29, 0.717) is 0 Å². The lowest BCUT2D eigenvalue weighted by Gasteiger charge is -2.32. The van der Waals surface area contributed by atoms with E-state index >= 15 is 0 Å². The highest BCUT2D eigenvalue weighted by Crippen LogP contribution is 2.65. The van der Waals surface area contributed by atoms with Gasteiger partial charge < -0.3 is 9.15 Å². The number of ether oxygens (including phenoxy) is 1. The van der Waals surface area contributed by atoms with Crippen molar-refractivity contribution < 1.29 is 9.15 Å². The lowest BCUT2D eigenvalue weighted by molar-refractivity contribution is 0.487. The average Bonchev–Trinajstić information content (AvgIpc) is 3.93. The lowest BCUT2D eigenvalue weighted by atomic mass is 9.69. The molecule has 1 aliphatic heterocycles. The minimum absolute atomic E-state index is 0.518. The molecule has 59 heavy (non-hydrogen) atoms. The van der Waals surface area contributed by atoms with Crippen molar-refractivity contribution >= 4 is 43.5 Å². The second-order valence-corrected chi connectivity index (χ2v) is 16.2. The van der Waals surface area contributed by atoms with Crippen LogP contribution in [0.1, 0.15) is 22.3 Å². The third-order valence-corrected chi connectivity index (χ3v) is 13.5. The molecule has 11 aromatic rings. The van der Waals surface area contributed by atoms with E-state index in [9.17, 15) is 0 Å². The molecule has 2 heterocycles. The Bertz CT molecular complexity index is 3610. The number of furan rings is 1. The Morgan fingerprint density at radius 3 is 1.78 bits per heavy atom. The van der Waals surface area contributed by atoms with Crippen LogP contribution in [0.15, 0.2) is 199 Å². The van der Waals surface area contributed by atoms with Crippen LogP contribution in [0.25, 0.3) is 99.1 Å². The molecule has 2 nitrogen and oxygen atoms in total. The second kappa shape index (κ2) is 11.2. The molecule has 10 aromatic carbocycles. The van der Waals surface area contributed by atoms with E-state index in [2.05, 4.69) is 182 Å². The van der Waals surface area contributed by atoms with E-state index in [1.807, 2.05) is 12.1 Å². The molecule has 0 saturated heterocycles. The van der Waals surface area contributed by atoms with Crippen LogP contribution >= 0.6 is 0 Å². The minimum Gasteiger partial charge on any atom is -0.456 e. The highest BCUT2D eigenvalue weighted by atomic mass is 16.5. The van der Waals surface area contributed by atoms with Crippen LogP contribution < -0.4 is 4.74 Å². The first kappa shape index (κ1) is 31.4. The lowest BCUT2D eigenvalue weighted by Crippen LogP contribution is -2.26. The molecule has 3 aliphatic rings. The van der Waals surface area contributed by atoms with E-state index in [4.69, 9.17) is 9.15 Å². The summed E-state index contributed by atoms with van der Waals surface area (Å²) in [5, 5.41) is 7.10. The Morgan fingerprint density at radius 1 is 0.339 bits per heavy atom. The van der Waals surface area contributed by atoms with Crippen molar-refractivity contribution in [1.82, 2.24) is 0 Å². The van der Waals surface area contributed by atoms with Gasteiger partial charge in [-0.05, 0) is 131 Å². The smallest absolute Gasteiger partial charge is 0.135 e. The Balaban J connectivity index is 1.11. The third kappa shape index (κ3) is 3.96. The molecule has 2 aliphatic carbocycles.